The van der Waals surface area contributed by atoms with Crippen LogP contribution in [0.1, 0.15) is 24.2 Å². The zero-order chi connectivity index (χ0) is 33.3. The maximum absolute atomic E-state index is 11.5. The minimum Gasteiger partial charge on any atom is -0.480 e. The number of ether oxygens (including phenoxy) is 2. The Morgan fingerprint density at radius 3 is 1.91 bits per heavy atom. The van der Waals surface area contributed by atoms with Gasteiger partial charge in [-0.25, -0.2) is 9.97 Å². The van der Waals surface area contributed by atoms with Gasteiger partial charge in [-0.2, -0.15) is 0 Å². The van der Waals surface area contributed by atoms with Crippen molar-refractivity contribution in [2.75, 3.05) is 47.1 Å². The Morgan fingerprint density at radius 1 is 0.872 bits per heavy atom. The van der Waals surface area contributed by atoms with Crippen molar-refractivity contribution in [1.82, 2.24) is 35.5 Å². The summed E-state index contributed by atoms with van der Waals surface area (Å²) < 4.78 is 11.1. The van der Waals surface area contributed by atoms with Crippen molar-refractivity contribution < 1.29 is 24.5 Å². The largest absolute Gasteiger partial charge is 0.480 e. The first-order chi connectivity index (χ1) is 22.9. The minimum absolute atomic E-state index is 0.0494. The number of methoxy groups -OCH3 is 2. The van der Waals surface area contributed by atoms with Crippen LogP contribution in [0.2, 0.25) is 10.0 Å². The van der Waals surface area contributed by atoms with E-state index >= 15 is 0 Å². The Kier molecular flexibility index (Phi) is 11.9. The predicted molar refractivity (Wildman–Crippen MR) is 179 cm³/mol. The summed E-state index contributed by atoms with van der Waals surface area (Å²) in [5.41, 5.74) is 4.94. The standard InChI is InChI=1S/C33H37Cl2N7O5/c1-46-32-27(16-36-15-20-9-10-29(45)39-20)37-17-25(40-32)23-7-3-5-21(30(23)34)22-6-4-8-24(31(22)35)26-18-38-28(33(41-26)47-2)19-42(11-13-43)12-14-44/h3-8,17-18,20,36,43-44H,9-16,19H2,1-2H3,(H,39,45). The fourth-order valence-electron chi connectivity index (χ4n) is 5.45. The Morgan fingerprint density at radius 2 is 1.40 bits per heavy atom. The predicted octanol–water partition coefficient (Wildman–Crippen LogP) is 3.75. The molecule has 1 amide bonds. The monoisotopic (exact) mass is 681 g/mol. The number of benzene rings is 2. The van der Waals surface area contributed by atoms with E-state index in [1.54, 1.807) is 19.5 Å². The van der Waals surface area contributed by atoms with Gasteiger partial charge in [-0.05, 0) is 6.42 Å². The number of aliphatic hydroxyl groups excluding tert-OH is 2. The molecule has 1 atom stereocenters. The van der Waals surface area contributed by atoms with Gasteiger partial charge in [0.1, 0.15) is 11.4 Å². The van der Waals surface area contributed by atoms with Gasteiger partial charge in [0.05, 0.1) is 61.3 Å². The minimum atomic E-state index is -0.0494. The summed E-state index contributed by atoms with van der Waals surface area (Å²) in [6.07, 6.45) is 4.64. The number of carbonyl (C=O) groups excluding carboxylic acids is 1. The van der Waals surface area contributed by atoms with Gasteiger partial charge in [-0.1, -0.05) is 59.6 Å². The number of nitrogens with one attached hydrogen (secondary N) is 2. The molecule has 3 heterocycles. The molecule has 0 saturated carbocycles. The molecule has 1 unspecified atom stereocenters. The van der Waals surface area contributed by atoms with Gasteiger partial charge in [0.25, 0.3) is 0 Å². The van der Waals surface area contributed by atoms with E-state index in [4.69, 9.17) is 37.7 Å². The molecule has 1 aliphatic heterocycles. The highest BCUT2D eigenvalue weighted by Crippen LogP contribution is 2.42. The van der Waals surface area contributed by atoms with Crippen LogP contribution in [-0.2, 0) is 17.9 Å². The molecule has 4 N–H and O–H groups in total. The number of aromatic nitrogens is 4. The molecule has 0 radical (unpaired) electrons. The van der Waals surface area contributed by atoms with Crippen LogP contribution in [0, 0.1) is 0 Å². The van der Waals surface area contributed by atoms with Gasteiger partial charge >= 0.3 is 0 Å². The average molecular weight is 683 g/mol. The second kappa shape index (κ2) is 16.3. The number of hydrogen-bond acceptors (Lipinski definition) is 11. The van der Waals surface area contributed by atoms with Crippen LogP contribution in [0.3, 0.4) is 0 Å². The third-order valence-corrected chi connectivity index (χ3v) is 8.64. The van der Waals surface area contributed by atoms with Crippen molar-refractivity contribution in [3.05, 3.63) is 70.2 Å². The summed E-state index contributed by atoms with van der Waals surface area (Å²) in [6.45, 7) is 2.06. The summed E-state index contributed by atoms with van der Waals surface area (Å²) >= 11 is 14.0. The average Bonchev–Trinajstić information content (AvgIpc) is 3.50. The third kappa shape index (κ3) is 8.15. The van der Waals surface area contributed by atoms with E-state index < -0.39 is 0 Å². The molecule has 1 saturated heterocycles. The van der Waals surface area contributed by atoms with E-state index in [0.717, 1.165) is 6.42 Å². The molecule has 1 aliphatic rings. The normalized spacial score (nSPS) is 14.4. The molecule has 1 fully saturated rings. The molecule has 4 aromatic rings. The molecular weight excluding hydrogens is 645 g/mol. The quantitative estimate of drug-likeness (QED) is 0.145. The van der Waals surface area contributed by atoms with Crippen molar-refractivity contribution >= 4 is 29.1 Å². The fourth-order valence-corrected chi connectivity index (χ4v) is 6.09. The summed E-state index contributed by atoms with van der Waals surface area (Å²) in [4.78, 5) is 31.9. The zero-order valence-corrected chi connectivity index (χ0v) is 27.7. The molecule has 0 spiro atoms. The molecule has 47 heavy (non-hydrogen) atoms. The van der Waals surface area contributed by atoms with E-state index in [-0.39, 0.29) is 25.2 Å². The summed E-state index contributed by atoms with van der Waals surface area (Å²) in [5.74, 6) is 0.770. The van der Waals surface area contributed by atoms with E-state index in [2.05, 4.69) is 25.6 Å². The molecule has 0 aliphatic carbocycles. The highest BCUT2D eigenvalue weighted by atomic mass is 35.5. The smallest absolute Gasteiger partial charge is 0.237 e. The summed E-state index contributed by atoms with van der Waals surface area (Å²) in [6, 6.07) is 11.3. The van der Waals surface area contributed by atoms with Crippen LogP contribution in [0.4, 0.5) is 0 Å². The molecule has 5 rings (SSSR count). The van der Waals surface area contributed by atoms with Crippen LogP contribution >= 0.6 is 23.2 Å². The first-order valence-corrected chi connectivity index (χ1v) is 15.9. The van der Waals surface area contributed by atoms with Crippen molar-refractivity contribution in [2.24, 2.45) is 0 Å². The second-order valence-corrected chi connectivity index (χ2v) is 11.7. The third-order valence-electron chi connectivity index (χ3n) is 7.82. The van der Waals surface area contributed by atoms with E-state index in [9.17, 15) is 15.0 Å². The van der Waals surface area contributed by atoms with Crippen LogP contribution in [-0.4, -0.2) is 94.1 Å². The number of rotatable bonds is 15. The Bertz CT molecular complexity index is 1700. The van der Waals surface area contributed by atoms with Gasteiger partial charge in [0.2, 0.25) is 17.7 Å². The molecule has 0 bridgehead atoms. The van der Waals surface area contributed by atoms with Gasteiger partial charge in [-0.3, -0.25) is 19.7 Å². The molecular formula is C33H37Cl2N7O5. The Labute approximate surface area is 283 Å². The van der Waals surface area contributed by atoms with Crippen molar-refractivity contribution in [1.29, 1.82) is 0 Å². The van der Waals surface area contributed by atoms with Crippen LogP contribution in [0.5, 0.6) is 11.8 Å². The second-order valence-electron chi connectivity index (χ2n) is 10.9. The van der Waals surface area contributed by atoms with Crippen molar-refractivity contribution in [2.45, 2.75) is 32.0 Å². The summed E-state index contributed by atoms with van der Waals surface area (Å²) in [5, 5.41) is 25.9. The van der Waals surface area contributed by atoms with Crippen LogP contribution in [0.15, 0.2) is 48.8 Å². The lowest BCUT2D eigenvalue weighted by molar-refractivity contribution is -0.119. The molecule has 248 valence electrons. The highest BCUT2D eigenvalue weighted by Gasteiger charge is 2.22. The maximum Gasteiger partial charge on any atom is 0.237 e. The molecule has 2 aromatic heterocycles. The lowest BCUT2D eigenvalue weighted by Gasteiger charge is -2.20. The van der Waals surface area contributed by atoms with Gasteiger partial charge in [0.15, 0.2) is 0 Å². The number of carbonyl (C=O) groups is 1. The summed E-state index contributed by atoms with van der Waals surface area (Å²) in [7, 11) is 3.06. The number of amides is 1. The first kappa shape index (κ1) is 34.4. The number of aliphatic hydroxyl groups is 2. The van der Waals surface area contributed by atoms with E-state index in [0.29, 0.717) is 106 Å². The highest BCUT2D eigenvalue weighted by molar-refractivity contribution is 6.39. The van der Waals surface area contributed by atoms with Crippen LogP contribution < -0.4 is 20.1 Å². The lowest BCUT2D eigenvalue weighted by Crippen LogP contribution is -2.35. The van der Waals surface area contributed by atoms with Crippen molar-refractivity contribution in [3.63, 3.8) is 0 Å². The van der Waals surface area contributed by atoms with Gasteiger partial charge in [-0.15, -0.1) is 0 Å². The Hall–Kier alpha value is -3.91. The molecule has 2 aromatic carbocycles. The zero-order valence-electron chi connectivity index (χ0n) is 26.2. The number of halogens is 2. The molecule has 14 heteroatoms. The number of hydrogen-bond donors (Lipinski definition) is 4. The maximum atomic E-state index is 11.5. The van der Waals surface area contributed by atoms with E-state index in [1.165, 1.54) is 7.11 Å². The Balaban J connectivity index is 1.40. The SMILES string of the molecule is COc1nc(-c2cccc(-c3cccc(-c4cnc(CN(CCO)CCO)c(OC)n4)c3Cl)c2Cl)cnc1CNCC1CCC(=O)N1. The van der Waals surface area contributed by atoms with Gasteiger partial charge < -0.3 is 30.3 Å². The van der Waals surface area contributed by atoms with E-state index in [1.807, 2.05) is 41.3 Å². The first-order valence-electron chi connectivity index (χ1n) is 15.2. The van der Waals surface area contributed by atoms with Crippen LogP contribution in [0.25, 0.3) is 33.6 Å². The van der Waals surface area contributed by atoms with Crippen molar-refractivity contribution in [3.8, 4) is 45.4 Å². The lowest BCUT2D eigenvalue weighted by atomic mass is 9.98. The topological polar surface area (TPSA) is 155 Å². The van der Waals surface area contributed by atoms with Gasteiger partial charge in [0, 0.05) is 67.4 Å². The fraction of sp³-hybridized carbons (Fsp3) is 0.364. The molecule has 12 nitrogen and oxygen atoms in total. The number of nitrogens with zero attached hydrogens (tertiary/aromatic N) is 5.